The zero-order chi connectivity index (χ0) is 17.4. The molecule has 0 aliphatic carbocycles. The van der Waals surface area contributed by atoms with E-state index in [9.17, 15) is 9.90 Å². The van der Waals surface area contributed by atoms with E-state index >= 15 is 0 Å². The van der Waals surface area contributed by atoms with Crippen molar-refractivity contribution < 1.29 is 9.90 Å². The zero-order valence-corrected chi connectivity index (χ0v) is 14.4. The molecule has 1 N–H and O–H groups in total. The molecule has 1 aliphatic heterocycles. The molecule has 1 fully saturated rings. The smallest absolute Gasteiger partial charge is 0.270 e. The van der Waals surface area contributed by atoms with Crippen LogP contribution in [0.3, 0.4) is 0 Å². The van der Waals surface area contributed by atoms with Gasteiger partial charge in [-0.15, -0.1) is 0 Å². The Balaban J connectivity index is 1.68. The lowest BCUT2D eigenvalue weighted by Crippen LogP contribution is -2.27. The zero-order valence-electron chi connectivity index (χ0n) is 12.8. The lowest BCUT2D eigenvalue weighted by Gasteiger charge is -2.14. The Hall–Kier alpha value is -2.77. The van der Waals surface area contributed by atoms with Crippen LogP contribution in [0.15, 0.2) is 59.6 Å². The molecule has 0 spiro atoms. The molecule has 5 nitrogen and oxygen atoms in total. The first-order valence-corrected chi connectivity index (χ1v) is 8.63. The van der Waals surface area contributed by atoms with Crippen molar-refractivity contribution in [2.75, 3.05) is 4.90 Å². The Morgan fingerprint density at radius 3 is 2.56 bits per heavy atom. The average molecular weight is 365 g/mol. The van der Waals surface area contributed by atoms with Crippen molar-refractivity contribution in [1.29, 1.82) is 0 Å². The lowest BCUT2D eigenvalue weighted by molar-refractivity contribution is -0.113. The van der Waals surface area contributed by atoms with Gasteiger partial charge in [-0.25, -0.2) is 4.98 Å². The summed E-state index contributed by atoms with van der Waals surface area (Å²) in [6.45, 7) is 0. The average Bonchev–Trinajstić information content (AvgIpc) is 2.89. The number of para-hydroxylation sites is 2. The number of thioether (sulfide) groups is 1. The van der Waals surface area contributed by atoms with Crippen LogP contribution < -0.4 is 4.90 Å². The van der Waals surface area contributed by atoms with Crippen molar-refractivity contribution in [1.82, 2.24) is 9.97 Å². The summed E-state index contributed by atoms with van der Waals surface area (Å²) in [5.41, 5.74) is 2.79. The van der Waals surface area contributed by atoms with Gasteiger partial charge in [0.2, 0.25) is 0 Å². The van der Waals surface area contributed by atoms with Crippen LogP contribution in [-0.4, -0.2) is 25.3 Å². The van der Waals surface area contributed by atoms with Gasteiger partial charge < -0.3 is 5.11 Å². The normalized spacial score (nSPS) is 16.2. The summed E-state index contributed by atoms with van der Waals surface area (Å²) in [7, 11) is 0. The number of nitrogens with zero attached hydrogens (tertiary/aromatic N) is 3. The third-order valence-electron chi connectivity index (χ3n) is 3.65. The highest BCUT2D eigenvalue weighted by atomic mass is 32.2. The van der Waals surface area contributed by atoms with Crippen molar-refractivity contribution in [3.63, 3.8) is 0 Å². The molecule has 2 aromatic carbocycles. The third kappa shape index (κ3) is 2.99. The van der Waals surface area contributed by atoms with Gasteiger partial charge in [-0.05, 0) is 42.5 Å². The molecule has 122 valence electrons. The third-order valence-corrected chi connectivity index (χ3v) is 4.95. The first-order chi connectivity index (χ1) is 12.1. The summed E-state index contributed by atoms with van der Waals surface area (Å²) in [6.07, 6.45) is 3.33. The number of hydrogen-bond donors (Lipinski definition) is 1. The van der Waals surface area contributed by atoms with Gasteiger partial charge in [0.15, 0.2) is 4.32 Å². The minimum absolute atomic E-state index is 0.135. The van der Waals surface area contributed by atoms with E-state index in [0.717, 1.165) is 11.0 Å². The second-order valence-corrected chi connectivity index (χ2v) is 6.99. The number of aromatic nitrogens is 2. The van der Waals surface area contributed by atoms with Crippen molar-refractivity contribution in [3.05, 3.63) is 65.3 Å². The summed E-state index contributed by atoms with van der Waals surface area (Å²) < 4.78 is 0.440. The number of hydrogen-bond acceptors (Lipinski definition) is 6. The maximum atomic E-state index is 12.7. The van der Waals surface area contributed by atoms with Gasteiger partial charge in [0.25, 0.3) is 5.91 Å². The minimum Gasteiger partial charge on any atom is -0.508 e. The van der Waals surface area contributed by atoms with Crippen LogP contribution in [0, 0.1) is 0 Å². The monoisotopic (exact) mass is 365 g/mol. The molecule has 0 atom stereocenters. The predicted molar refractivity (Wildman–Crippen MR) is 103 cm³/mol. The molecule has 1 aromatic heterocycles. The van der Waals surface area contributed by atoms with E-state index in [1.165, 1.54) is 28.8 Å². The number of carbonyl (C=O) groups excluding carboxylic acids is 1. The summed E-state index contributed by atoms with van der Waals surface area (Å²) in [6, 6.07) is 13.9. The molecular formula is C18H11N3O2S2. The number of fused-ring (bicyclic) bond motifs is 1. The van der Waals surface area contributed by atoms with Crippen LogP contribution >= 0.6 is 24.0 Å². The fraction of sp³-hybridized carbons (Fsp3) is 0. The van der Waals surface area contributed by atoms with Crippen molar-refractivity contribution >= 4 is 57.0 Å². The summed E-state index contributed by atoms with van der Waals surface area (Å²) in [4.78, 5) is 23.5. The fourth-order valence-corrected chi connectivity index (χ4v) is 3.75. The van der Waals surface area contributed by atoms with E-state index in [0.29, 0.717) is 20.6 Å². The second kappa shape index (κ2) is 6.27. The number of thiocarbonyl (C=S) groups is 1. The highest BCUT2D eigenvalue weighted by molar-refractivity contribution is 8.27. The first-order valence-electron chi connectivity index (χ1n) is 7.40. The van der Waals surface area contributed by atoms with Crippen LogP contribution in [0.1, 0.15) is 5.69 Å². The van der Waals surface area contributed by atoms with E-state index in [1.54, 1.807) is 24.4 Å². The van der Waals surface area contributed by atoms with E-state index in [2.05, 4.69) is 9.97 Å². The van der Waals surface area contributed by atoms with Crippen molar-refractivity contribution in [2.24, 2.45) is 0 Å². The van der Waals surface area contributed by atoms with Gasteiger partial charge >= 0.3 is 0 Å². The molecule has 0 saturated carbocycles. The molecule has 0 bridgehead atoms. The van der Waals surface area contributed by atoms with Gasteiger partial charge in [0.1, 0.15) is 5.75 Å². The lowest BCUT2D eigenvalue weighted by atomic mass is 10.2. The Labute approximate surface area is 153 Å². The van der Waals surface area contributed by atoms with Gasteiger partial charge in [0.05, 0.1) is 33.5 Å². The van der Waals surface area contributed by atoms with Crippen LogP contribution in [0.2, 0.25) is 0 Å². The van der Waals surface area contributed by atoms with E-state index in [4.69, 9.17) is 12.2 Å². The van der Waals surface area contributed by atoms with Crippen molar-refractivity contribution in [3.8, 4) is 5.75 Å². The van der Waals surface area contributed by atoms with E-state index < -0.39 is 0 Å². The second-order valence-electron chi connectivity index (χ2n) is 5.32. The van der Waals surface area contributed by atoms with Crippen LogP contribution in [0.5, 0.6) is 5.75 Å². The van der Waals surface area contributed by atoms with E-state index in [-0.39, 0.29) is 11.7 Å². The molecule has 2 heterocycles. The SMILES string of the molecule is O=C1/C(=C/c2cnc3ccccc3n2)SC(=S)N1c1ccc(O)cc1. The van der Waals surface area contributed by atoms with Crippen molar-refractivity contribution in [2.45, 2.75) is 0 Å². The number of phenols is 1. The van der Waals surface area contributed by atoms with Crippen LogP contribution in [0.4, 0.5) is 5.69 Å². The fourth-order valence-electron chi connectivity index (χ4n) is 2.47. The maximum absolute atomic E-state index is 12.7. The Morgan fingerprint density at radius 2 is 1.80 bits per heavy atom. The molecule has 7 heteroatoms. The quantitative estimate of drug-likeness (QED) is 0.551. The van der Waals surface area contributed by atoms with Gasteiger partial charge in [-0.2, -0.15) is 0 Å². The number of aromatic hydroxyl groups is 1. The number of phenolic OH excluding ortho intramolecular Hbond substituents is 1. The number of carbonyl (C=O) groups is 1. The van der Waals surface area contributed by atoms with Gasteiger partial charge in [-0.1, -0.05) is 36.1 Å². The topological polar surface area (TPSA) is 66.3 Å². The summed E-state index contributed by atoms with van der Waals surface area (Å²) >= 11 is 6.55. The molecule has 1 amide bonds. The minimum atomic E-state index is -0.212. The van der Waals surface area contributed by atoms with Crippen LogP contribution in [0.25, 0.3) is 17.1 Å². The van der Waals surface area contributed by atoms with Crippen LogP contribution in [-0.2, 0) is 4.79 Å². The van der Waals surface area contributed by atoms with Gasteiger partial charge in [-0.3, -0.25) is 14.7 Å². The molecule has 1 aliphatic rings. The Morgan fingerprint density at radius 1 is 1.08 bits per heavy atom. The number of rotatable bonds is 2. The molecule has 25 heavy (non-hydrogen) atoms. The van der Waals surface area contributed by atoms with E-state index in [1.807, 2.05) is 24.3 Å². The number of benzene rings is 2. The summed E-state index contributed by atoms with van der Waals surface area (Å²) in [5, 5.41) is 9.40. The predicted octanol–water partition coefficient (Wildman–Crippen LogP) is 3.74. The number of anilines is 1. The van der Waals surface area contributed by atoms with Gasteiger partial charge in [0, 0.05) is 0 Å². The highest BCUT2D eigenvalue weighted by Crippen LogP contribution is 2.36. The first kappa shape index (κ1) is 15.7. The highest BCUT2D eigenvalue weighted by Gasteiger charge is 2.33. The molecule has 3 aromatic rings. The molecule has 1 saturated heterocycles. The molecular weight excluding hydrogens is 354 g/mol. The standard InChI is InChI=1S/C18H11N3O2S2/c22-13-7-5-12(6-8-13)21-17(23)16(25-18(21)24)9-11-10-19-14-3-1-2-4-15(14)20-11/h1-10,22H/b16-9-. The Bertz CT molecular complexity index is 1030. The molecule has 0 radical (unpaired) electrons. The largest absolute Gasteiger partial charge is 0.508 e. The summed E-state index contributed by atoms with van der Waals surface area (Å²) in [5.74, 6) is -0.0770. The number of amides is 1. The maximum Gasteiger partial charge on any atom is 0.270 e. The molecule has 0 unspecified atom stereocenters. The molecule has 4 rings (SSSR count). The Kier molecular flexibility index (Phi) is 3.95.